The van der Waals surface area contributed by atoms with Crippen molar-refractivity contribution in [1.82, 2.24) is 4.90 Å². The lowest BCUT2D eigenvalue weighted by molar-refractivity contribution is 0.0784. The van der Waals surface area contributed by atoms with E-state index in [0.29, 0.717) is 10.6 Å². The zero-order chi connectivity index (χ0) is 15.2. The lowest BCUT2D eigenvalue weighted by atomic mass is 9.93. The monoisotopic (exact) mass is 304 g/mol. The molecule has 2 N–H and O–H groups in total. The second-order valence-corrected chi connectivity index (χ2v) is 7.37. The third-order valence-electron chi connectivity index (χ3n) is 4.09. The number of likely N-dealkylation sites (tertiary alicyclic amines) is 1. The molecule has 0 spiro atoms. The van der Waals surface area contributed by atoms with E-state index in [1.54, 1.807) is 7.11 Å². The maximum Gasteiger partial charge on any atom is 0.266 e. The molecule has 0 atom stereocenters. The van der Waals surface area contributed by atoms with Crippen LogP contribution in [0.25, 0.3) is 10.1 Å². The predicted molar refractivity (Wildman–Crippen MR) is 87.1 cm³/mol. The number of thiophene rings is 1. The van der Waals surface area contributed by atoms with Crippen molar-refractivity contribution < 1.29 is 9.53 Å². The van der Waals surface area contributed by atoms with Gasteiger partial charge in [-0.15, -0.1) is 11.3 Å². The van der Waals surface area contributed by atoms with E-state index in [0.717, 1.165) is 35.3 Å². The number of hydrogen-bond acceptors (Lipinski definition) is 4. The molecule has 112 valence electrons. The van der Waals surface area contributed by atoms with Gasteiger partial charge in [0, 0.05) is 17.8 Å². The molecule has 0 radical (unpaired) electrons. The number of hydrogen-bond donors (Lipinski definition) is 1. The molecule has 2 heterocycles. The van der Waals surface area contributed by atoms with E-state index in [-0.39, 0.29) is 11.3 Å². The first-order valence-electron chi connectivity index (χ1n) is 7.07. The number of carbonyl (C=O) groups excluding carboxylic acids is 1. The van der Waals surface area contributed by atoms with Crippen molar-refractivity contribution in [3.63, 3.8) is 0 Å². The summed E-state index contributed by atoms with van der Waals surface area (Å²) in [6.45, 7) is 5.97. The predicted octanol–water partition coefficient (Wildman–Crippen LogP) is 3.36. The van der Waals surface area contributed by atoms with E-state index in [1.165, 1.54) is 11.3 Å². The standard InChI is InChI=1S/C16H20N2O2S/c1-16(2)7-8-18(9-16)15(19)14-13(17)12-10(20-3)5-4-6-11(12)21-14/h4-6H,7-9,17H2,1-3H3. The fourth-order valence-corrected chi connectivity index (χ4v) is 4.01. The van der Waals surface area contributed by atoms with E-state index >= 15 is 0 Å². The fraction of sp³-hybridized carbons (Fsp3) is 0.438. The summed E-state index contributed by atoms with van der Waals surface area (Å²) in [5, 5.41) is 0.854. The molecule has 4 nitrogen and oxygen atoms in total. The average Bonchev–Trinajstić information content (AvgIpc) is 2.98. The molecule has 1 fully saturated rings. The van der Waals surface area contributed by atoms with Crippen LogP contribution in [0.5, 0.6) is 5.75 Å². The highest BCUT2D eigenvalue weighted by molar-refractivity contribution is 7.21. The highest BCUT2D eigenvalue weighted by atomic mass is 32.1. The van der Waals surface area contributed by atoms with Gasteiger partial charge in [-0.1, -0.05) is 19.9 Å². The summed E-state index contributed by atoms with van der Waals surface area (Å²) in [7, 11) is 1.62. The van der Waals surface area contributed by atoms with Gasteiger partial charge >= 0.3 is 0 Å². The van der Waals surface area contributed by atoms with Crippen LogP contribution in [0, 0.1) is 5.41 Å². The van der Waals surface area contributed by atoms with Gasteiger partial charge in [-0.3, -0.25) is 4.79 Å². The van der Waals surface area contributed by atoms with Crippen molar-refractivity contribution in [1.29, 1.82) is 0 Å². The zero-order valence-corrected chi connectivity index (χ0v) is 13.4. The number of methoxy groups -OCH3 is 1. The summed E-state index contributed by atoms with van der Waals surface area (Å²) in [6, 6.07) is 5.77. The maximum absolute atomic E-state index is 12.7. The topological polar surface area (TPSA) is 55.6 Å². The van der Waals surface area contributed by atoms with Crippen LogP contribution >= 0.6 is 11.3 Å². The van der Waals surface area contributed by atoms with Crippen LogP contribution in [0.3, 0.4) is 0 Å². The van der Waals surface area contributed by atoms with Crippen molar-refractivity contribution in [2.75, 3.05) is 25.9 Å². The first-order chi connectivity index (χ1) is 9.93. The van der Waals surface area contributed by atoms with E-state index in [9.17, 15) is 4.79 Å². The van der Waals surface area contributed by atoms with Crippen molar-refractivity contribution in [2.45, 2.75) is 20.3 Å². The molecule has 0 saturated carbocycles. The number of nitrogens with zero attached hydrogens (tertiary/aromatic N) is 1. The molecule has 1 amide bonds. The van der Waals surface area contributed by atoms with Gasteiger partial charge in [-0.05, 0) is 24.0 Å². The Labute approximate surface area is 128 Å². The third-order valence-corrected chi connectivity index (χ3v) is 5.25. The van der Waals surface area contributed by atoms with Gasteiger partial charge in [-0.2, -0.15) is 0 Å². The van der Waals surface area contributed by atoms with Gasteiger partial charge in [0.1, 0.15) is 10.6 Å². The Morgan fingerprint density at radius 1 is 1.43 bits per heavy atom. The lowest BCUT2D eigenvalue weighted by Gasteiger charge is -2.19. The summed E-state index contributed by atoms with van der Waals surface area (Å²) < 4.78 is 6.36. The summed E-state index contributed by atoms with van der Waals surface area (Å²) in [4.78, 5) is 15.3. The Hall–Kier alpha value is -1.75. The molecule has 1 aromatic heterocycles. The molecule has 0 aliphatic carbocycles. The molecule has 1 aliphatic heterocycles. The van der Waals surface area contributed by atoms with Crippen LogP contribution in [0.1, 0.15) is 29.9 Å². The average molecular weight is 304 g/mol. The lowest BCUT2D eigenvalue weighted by Crippen LogP contribution is -2.30. The number of ether oxygens (including phenoxy) is 1. The van der Waals surface area contributed by atoms with E-state index in [4.69, 9.17) is 10.5 Å². The largest absolute Gasteiger partial charge is 0.496 e. The van der Waals surface area contributed by atoms with Gasteiger partial charge < -0.3 is 15.4 Å². The Kier molecular flexibility index (Phi) is 3.32. The minimum absolute atomic E-state index is 0.0429. The number of fused-ring (bicyclic) bond motifs is 1. The third kappa shape index (κ3) is 2.35. The van der Waals surface area contributed by atoms with Crippen molar-refractivity contribution in [3.8, 4) is 5.75 Å². The van der Waals surface area contributed by atoms with Crippen molar-refractivity contribution in [3.05, 3.63) is 23.1 Å². The van der Waals surface area contributed by atoms with E-state index in [1.807, 2.05) is 23.1 Å². The molecular weight excluding hydrogens is 284 g/mol. The molecule has 2 aromatic rings. The van der Waals surface area contributed by atoms with Gasteiger partial charge in [0.15, 0.2) is 0 Å². The first-order valence-corrected chi connectivity index (χ1v) is 7.89. The summed E-state index contributed by atoms with van der Waals surface area (Å²) in [6.07, 6.45) is 1.03. The second-order valence-electron chi connectivity index (χ2n) is 6.32. The van der Waals surface area contributed by atoms with Crippen LogP contribution in [0.4, 0.5) is 5.69 Å². The Bertz CT molecular complexity index is 706. The number of anilines is 1. The molecule has 0 unspecified atom stereocenters. The van der Waals surface area contributed by atoms with Crippen molar-refractivity contribution >= 4 is 33.0 Å². The van der Waals surface area contributed by atoms with Gasteiger partial charge in [-0.25, -0.2) is 0 Å². The first kappa shape index (κ1) is 14.2. The Balaban J connectivity index is 2.02. The maximum atomic E-state index is 12.7. The van der Waals surface area contributed by atoms with Crippen molar-refractivity contribution in [2.24, 2.45) is 5.41 Å². The number of nitrogen functional groups attached to an aromatic ring is 1. The van der Waals surface area contributed by atoms with Crippen LogP contribution in [0.15, 0.2) is 18.2 Å². The number of amides is 1. The molecule has 21 heavy (non-hydrogen) atoms. The van der Waals surface area contributed by atoms with E-state index < -0.39 is 0 Å². The number of nitrogens with two attached hydrogens (primary N) is 1. The number of benzene rings is 1. The summed E-state index contributed by atoms with van der Waals surface area (Å²) in [5.41, 5.74) is 6.97. The van der Waals surface area contributed by atoms with Gasteiger partial charge in [0.25, 0.3) is 5.91 Å². The molecule has 1 aliphatic rings. The molecule has 5 heteroatoms. The Morgan fingerprint density at radius 2 is 2.19 bits per heavy atom. The van der Waals surface area contributed by atoms with E-state index in [2.05, 4.69) is 13.8 Å². The highest BCUT2D eigenvalue weighted by Gasteiger charge is 2.34. The molecule has 0 bridgehead atoms. The zero-order valence-electron chi connectivity index (χ0n) is 12.6. The highest BCUT2D eigenvalue weighted by Crippen LogP contribution is 2.41. The minimum Gasteiger partial charge on any atom is -0.496 e. The SMILES string of the molecule is COc1cccc2sc(C(=O)N3CCC(C)(C)C3)c(N)c12. The fourth-order valence-electron chi connectivity index (χ4n) is 2.90. The Morgan fingerprint density at radius 3 is 2.81 bits per heavy atom. The number of carbonyl (C=O) groups is 1. The summed E-state index contributed by atoms with van der Waals surface area (Å²) in [5.74, 6) is 0.767. The molecular formula is C16H20N2O2S. The van der Waals surface area contributed by atoms with Crippen LogP contribution in [-0.4, -0.2) is 31.0 Å². The molecule has 1 aromatic carbocycles. The number of rotatable bonds is 2. The smallest absolute Gasteiger partial charge is 0.266 e. The van der Waals surface area contributed by atoms with Gasteiger partial charge in [0.2, 0.25) is 0 Å². The molecule has 3 rings (SSSR count). The van der Waals surface area contributed by atoms with Crippen LogP contribution in [-0.2, 0) is 0 Å². The summed E-state index contributed by atoms with van der Waals surface area (Å²) >= 11 is 1.45. The second kappa shape index (κ2) is 4.91. The van der Waals surface area contributed by atoms with Gasteiger partial charge in [0.05, 0.1) is 18.2 Å². The molecule has 1 saturated heterocycles. The van der Waals surface area contributed by atoms with Crippen LogP contribution < -0.4 is 10.5 Å². The normalized spacial score (nSPS) is 17.4. The quantitative estimate of drug-likeness (QED) is 0.925. The minimum atomic E-state index is 0.0429. The van der Waals surface area contributed by atoms with Crippen LogP contribution in [0.2, 0.25) is 0 Å².